The Bertz CT molecular complexity index is 543. The largest absolute Gasteiger partial charge is 0.383 e. The van der Waals surface area contributed by atoms with Gasteiger partial charge in [-0.2, -0.15) is 5.26 Å². The number of anilines is 1. The van der Waals surface area contributed by atoms with Gasteiger partial charge in [0.05, 0.1) is 0 Å². The van der Waals surface area contributed by atoms with Gasteiger partial charge in [-0.15, -0.1) is 0 Å². The number of fused-ring (bicyclic) bond motifs is 1. The van der Waals surface area contributed by atoms with E-state index >= 15 is 0 Å². The lowest BCUT2D eigenvalue weighted by molar-refractivity contribution is 1.34. The fraction of sp³-hybridized carbons (Fsp3) is 0. The molecule has 2 aromatic rings. The maximum atomic E-state index is 8.90. The molecule has 0 atom stereocenters. The summed E-state index contributed by atoms with van der Waals surface area (Å²) in [4.78, 5) is 3.95. The summed E-state index contributed by atoms with van der Waals surface area (Å²) < 4.78 is 0.959. The molecule has 1 aromatic heterocycles. The molecule has 1 heterocycles. The van der Waals surface area contributed by atoms with Crippen molar-refractivity contribution < 1.29 is 0 Å². The van der Waals surface area contributed by atoms with Crippen LogP contribution in [0.2, 0.25) is 0 Å². The third-order valence-electron chi connectivity index (χ3n) is 1.99. The van der Waals surface area contributed by atoms with Crippen LogP contribution in [0.1, 0.15) is 5.56 Å². The second-order valence-corrected chi connectivity index (χ2v) is 3.78. The predicted molar refractivity (Wildman–Crippen MR) is 58.6 cm³/mol. The first-order valence-corrected chi connectivity index (χ1v) is 4.75. The number of nitrogens with zero attached hydrogens (tertiary/aromatic N) is 2. The summed E-state index contributed by atoms with van der Waals surface area (Å²) in [6, 6.07) is 7.70. The number of hydrogen-bond donors (Lipinski definition) is 1. The molecule has 68 valence electrons. The molecule has 2 N–H and O–H groups in total. The van der Waals surface area contributed by atoms with Gasteiger partial charge in [-0.05, 0) is 12.1 Å². The van der Waals surface area contributed by atoms with E-state index in [0.717, 1.165) is 15.2 Å². The van der Waals surface area contributed by atoms with Crippen molar-refractivity contribution in [2.24, 2.45) is 0 Å². The van der Waals surface area contributed by atoms with Gasteiger partial charge in [0.1, 0.15) is 17.5 Å². The number of nitrogens with two attached hydrogens (primary N) is 1. The molecule has 0 fully saturated rings. The number of nitrogen functional groups attached to an aromatic ring is 1. The summed E-state index contributed by atoms with van der Waals surface area (Å²) in [7, 11) is 0. The zero-order valence-electron chi connectivity index (χ0n) is 7.16. The Morgan fingerprint density at radius 3 is 2.93 bits per heavy atom. The molecule has 0 saturated carbocycles. The van der Waals surface area contributed by atoms with Gasteiger partial charge in [0, 0.05) is 21.4 Å². The highest BCUT2D eigenvalue weighted by Crippen LogP contribution is 2.24. The molecule has 0 radical (unpaired) electrons. The van der Waals surface area contributed by atoms with E-state index in [2.05, 4.69) is 27.0 Å². The van der Waals surface area contributed by atoms with Gasteiger partial charge in [-0.25, -0.2) is 4.98 Å². The Balaban J connectivity index is 2.90. The molecule has 0 unspecified atom stereocenters. The number of benzene rings is 1. The molecule has 0 saturated heterocycles. The van der Waals surface area contributed by atoms with Crippen molar-refractivity contribution >= 4 is 32.5 Å². The number of rotatable bonds is 0. The highest BCUT2D eigenvalue weighted by Gasteiger charge is 2.05. The molecule has 0 amide bonds. The van der Waals surface area contributed by atoms with Crippen molar-refractivity contribution in [3.8, 4) is 6.07 Å². The maximum Gasteiger partial charge on any atom is 0.141 e. The molecule has 0 aliphatic carbocycles. The maximum absolute atomic E-state index is 8.90. The van der Waals surface area contributed by atoms with Crippen LogP contribution in [-0.4, -0.2) is 4.98 Å². The second kappa shape index (κ2) is 3.28. The predicted octanol–water partition coefficient (Wildman–Crippen LogP) is 2.45. The Labute approximate surface area is 89.3 Å². The highest BCUT2D eigenvalue weighted by atomic mass is 79.9. The summed E-state index contributed by atoms with van der Waals surface area (Å²) in [5.74, 6) is 0.280. The minimum absolute atomic E-state index is 0.280. The van der Waals surface area contributed by atoms with E-state index < -0.39 is 0 Å². The van der Waals surface area contributed by atoms with Crippen molar-refractivity contribution in [1.82, 2.24) is 4.98 Å². The van der Waals surface area contributed by atoms with Gasteiger partial charge in [-0.3, -0.25) is 0 Å². The Morgan fingerprint density at radius 1 is 1.43 bits per heavy atom. The van der Waals surface area contributed by atoms with Crippen LogP contribution < -0.4 is 5.73 Å². The van der Waals surface area contributed by atoms with E-state index in [9.17, 15) is 0 Å². The number of pyridine rings is 1. The average molecular weight is 248 g/mol. The van der Waals surface area contributed by atoms with Crippen LogP contribution in [0.3, 0.4) is 0 Å². The second-order valence-electron chi connectivity index (χ2n) is 2.86. The minimum Gasteiger partial charge on any atom is -0.383 e. The molecule has 0 spiro atoms. The van der Waals surface area contributed by atoms with Crippen molar-refractivity contribution in [3.63, 3.8) is 0 Å². The Kier molecular flexibility index (Phi) is 2.10. The van der Waals surface area contributed by atoms with Crippen LogP contribution in [0, 0.1) is 11.3 Å². The first-order chi connectivity index (χ1) is 6.72. The van der Waals surface area contributed by atoms with Crippen LogP contribution in [0.4, 0.5) is 5.82 Å². The van der Waals surface area contributed by atoms with Crippen molar-refractivity contribution in [1.29, 1.82) is 5.26 Å². The highest BCUT2D eigenvalue weighted by molar-refractivity contribution is 9.10. The fourth-order valence-corrected chi connectivity index (χ4v) is 1.71. The molecule has 0 bridgehead atoms. The lowest BCUT2D eigenvalue weighted by Crippen LogP contribution is -1.95. The van der Waals surface area contributed by atoms with E-state index in [4.69, 9.17) is 11.0 Å². The first-order valence-electron chi connectivity index (χ1n) is 3.96. The smallest absolute Gasteiger partial charge is 0.141 e. The van der Waals surface area contributed by atoms with Gasteiger partial charge in [0.2, 0.25) is 0 Å². The van der Waals surface area contributed by atoms with Gasteiger partial charge in [0.25, 0.3) is 0 Å². The van der Waals surface area contributed by atoms with E-state index in [1.54, 1.807) is 6.20 Å². The van der Waals surface area contributed by atoms with Gasteiger partial charge in [-0.1, -0.05) is 22.0 Å². The van der Waals surface area contributed by atoms with Crippen LogP contribution in [0.5, 0.6) is 0 Å². The van der Waals surface area contributed by atoms with E-state index in [1.807, 2.05) is 18.2 Å². The van der Waals surface area contributed by atoms with Gasteiger partial charge in [0.15, 0.2) is 0 Å². The molecule has 4 heteroatoms. The molecule has 1 aromatic carbocycles. The third kappa shape index (κ3) is 1.32. The van der Waals surface area contributed by atoms with Crippen LogP contribution >= 0.6 is 15.9 Å². The van der Waals surface area contributed by atoms with Crippen LogP contribution in [0.15, 0.2) is 28.9 Å². The summed E-state index contributed by atoms with van der Waals surface area (Å²) in [5.41, 5.74) is 6.03. The molecule has 3 nitrogen and oxygen atoms in total. The van der Waals surface area contributed by atoms with E-state index in [-0.39, 0.29) is 5.82 Å². The molecule has 2 rings (SSSR count). The zero-order valence-corrected chi connectivity index (χ0v) is 8.75. The fourth-order valence-electron chi connectivity index (χ4n) is 1.33. The number of hydrogen-bond acceptors (Lipinski definition) is 3. The number of aromatic nitrogens is 1. The van der Waals surface area contributed by atoms with Crippen molar-refractivity contribution in [3.05, 3.63) is 34.4 Å². The summed E-state index contributed by atoms with van der Waals surface area (Å²) >= 11 is 3.36. The quantitative estimate of drug-likeness (QED) is 0.778. The molecular weight excluding hydrogens is 242 g/mol. The minimum atomic E-state index is 0.280. The standard InChI is InChI=1S/C10H6BrN3/c11-7-1-2-8-6(3-7)5-14-10(13)9(8)4-12/h1-3,5H,(H2,13,14). The zero-order chi connectivity index (χ0) is 10.1. The van der Waals surface area contributed by atoms with Crippen LogP contribution in [0.25, 0.3) is 10.8 Å². The lowest BCUT2D eigenvalue weighted by Gasteiger charge is -2.02. The van der Waals surface area contributed by atoms with E-state index in [0.29, 0.717) is 5.56 Å². The summed E-state index contributed by atoms with van der Waals surface area (Å²) in [6.45, 7) is 0. The Morgan fingerprint density at radius 2 is 2.21 bits per heavy atom. The first kappa shape index (κ1) is 8.97. The summed E-state index contributed by atoms with van der Waals surface area (Å²) in [6.07, 6.45) is 1.66. The number of nitriles is 1. The van der Waals surface area contributed by atoms with Crippen LogP contribution in [-0.2, 0) is 0 Å². The Hall–Kier alpha value is -1.60. The van der Waals surface area contributed by atoms with Crippen molar-refractivity contribution in [2.45, 2.75) is 0 Å². The number of halogens is 1. The van der Waals surface area contributed by atoms with Crippen molar-refractivity contribution in [2.75, 3.05) is 5.73 Å². The molecule has 0 aliphatic rings. The topological polar surface area (TPSA) is 62.7 Å². The van der Waals surface area contributed by atoms with E-state index in [1.165, 1.54) is 0 Å². The third-order valence-corrected chi connectivity index (χ3v) is 2.49. The average Bonchev–Trinajstić information content (AvgIpc) is 2.18. The monoisotopic (exact) mass is 247 g/mol. The lowest BCUT2D eigenvalue weighted by atomic mass is 10.1. The van der Waals surface area contributed by atoms with Gasteiger partial charge < -0.3 is 5.73 Å². The SMILES string of the molecule is N#Cc1c(N)ncc2cc(Br)ccc12. The van der Waals surface area contributed by atoms with Gasteiger partial charge >= 0.3 is 0 Å². The normalized spacial score (nSPS) is 10.0. The molecular formula is C10H6BrN3. The molecule has 14 heavy (non-hydrogen) atoms. The summed E-state index contributed by atoms with van der Waals surface area (Å²) in [5, 5.41) is 10.6. The molecule has 0 aliphatic heterocycles.